The molecule has 19 heavy (non-hydrogen) atoms. The summed E-state index contributed by atoms with van der Waals surface area (Å²) in [5.41, 5.74) is 0. The van der Waals surface area contributed by atoms with Crippen molar-refractivity contribution in [3.63, 3.8) is 0 Å². The van der Waals surface area contributed by atoms with Gasteiger partial charge in [0, 0.05) is 26.7 Å². The summed E-state index contributed by atoms with van der Waals surface area (Å²) in [7, 11) is 1.66. The Morgan fingerprint density at radius 3 is 2.63 bits per heavy atom. The van der Waals surface area contributed by atoms with Crippen LogP contribution in [0, 0.1) is 5.92 Å². The fourth-order valence-electron chi connectivity index (χ4n) is 2.95. The summed E-state index contributed by atoms with van der Waals surface area (Å²) in [5.74, 6) is -0.470. The van der Waals surface area contributed by atoms with Gasteiger partial charge in [0.25, 0.3) is 0 Å². The molecule has 0 radical (unpaired) electrons. The van der Waals surface area contributed by atoms with Gasteiger partial charge >= 0.3 is 12.0 Å². The molecule has 1 N–H and O–H groups in total. The van der Waals surface area contributed by atoms with Crippen molar-refractivity contribution in [2.24, 2.45) is 5.92 Å². The minimum atomic E-state index is -0.903. The van der Waals surface area contributed by atoms with E-state index in [0.717, 1.165) is 12.8 Å². The first kappa shape index (κ1) is 14.1. The average molecular weight is 270 g/mol. The predicted molar refractivity (Wildman–Crippen MR) is 68.9 cm³/mol. The summed E-state index contributed by atoms with van der Waals surface area (Å²) in [6.07, 6.45) is 2.26. The van der Waals surface area contributed by atoms with Crippen LogP contribution in [0.4, 0.5) is 4.79 Å². The van der Waals surface area contributed by atoms with E-state index in [1.807, 2.05) is 0 Å². The van der Waals surface area contributed by atoms with Gasteiger partial charge in [-0.25, -0.2) is 9.59 Å². The van der Waals surface area contributed by atoms with E-state index in [-0.39, 0.29) is 12.1 Å². The Labute approximate surface area is 113 Å². The molecule has 0 aromatic carbocycles. The molecule has 0 aliphatic carbocycles. The number of amides is 2. The Morgan fingerprint density at radius 1 is 1.26 bits per heavy atom. The number of carbonyl (C=O) groups is 2. The average Bonchev–Trinajstić information content (AvgIpc) is 2.87. The van der Waals surface area contributed by atoms with Gasteiger partial charge in [-0.2, -0.15) is 0 Å². The number of piperidine rings is 1. The molecule has 6 nitrogen and oxygen atoms in total. The van der Waals surface area contributed by atoms with Crippen LogP contribution in [-0.2, 0) is 9.53 Å². The Balaban J connectivity index is 2.01. The van der Waals surface area contributed by atoms with Crippen LogP contribution >= 0.6 is 0 Å². The monoisotopic (exact) mass is 270 g/mol. The second-order valence-electron chi connectivity index (χ2n) is 5.46. The Kier molecular flexibility index (Phi) is 4.29. The zero-order valence-electron chi connectivity index (χ0n) is 11.5. The van der Waals surface area contributed by atoms with Gasteiger partial charge in [-0.15, -0.1) is 0 Å². The molecular weight excluding hydrogens is 248 g/mol. The second kappa shape index (κ2) is 5.77. The molecule has 0 spiro atoms. The number of likely N-dealkylation sites (tertiary alicyclic amines) is 2. The van der Waals surface area contributed by atoms with Gasteiger partial charge in [0.05, 0.1) is 6.10 Å². The number of carbonyl (C=O) groups excluding carboxylic acids is 1. The van der Waals surface area contributed by atoms with Crippen LogP contribution in [0.3, 0.4) is 0 Å². The van der Waals surface area contributed by atoms with Crippen LogP contribution in [-0.4, -0.2) is 65.8 Å². The quantitative estimate of drug-likeness (QED) is 0.813. The number of ether oxygens (including phenoxy) is 1. The number of hydrogen-bond acceptors (Lipinski definition) is 3. The fraction of sp³-hybridized carbons (Fsp3) is 0.846. The maximum atomic E-state index is 12.4. The summed E-state index contributed by atoms with van der Waals surface area (Å²) in [5, 5.41) is 9.13. The van der Waals surface area contributed by atoms with Gasteiger partial charge in [0.1, 0.15) is 6.04 Å². The molecule has 6 heteroatoms. The Morgan fingerprint density at radius 2 is 2.00 bits per heavy atom. The lowest BCUT2D eigenvalue weighted by Crippen LogP contribution is -2.53. The minimum Gasteiger partial charge on any atom is -0.480 e. The summed E-state index contributed by atoms with van der Waals surface area (Å²) < 4.78 is 5.39. The molecule has 2 unspecified atom stereocenters. The number of hydrogen-bond donors (Lipinski definition) is 1. The number of rotatable bonds is 2. The molecule has 0 bridgehead atoms. The summed E-state index contributed by atoms with van der Waals surface area (Å²) in [6.45, 7) is 3.90. The Bertz CT molecular complexity index is 361. The van der Waals surface area contributed by atoms with Crippen molar-refractivity contribution in [3.8, 4) is 0 Å². The third kappa shape index (κ3) is 2.83. The van der Waals surface area contributed by atoms with Crippen molar-refractivity contribution in [2.45, 2.75) is 38.3 Å². The molecule has 108 valence electrons. The molecule has 2 saturated heterocycles. The highest BCUT2D eigenvalue weighted by atomic mass is 16.5. The van der Waals surface area contributed by atoms with Crippen molar-refractivity contribution in [3.05, 3.63) is 0 Å². The van der Waals surface area contributed by atoms with E-state index in [2.05, 4.69) is 6.92 Å². The molecule has 2 aliphatic heterocycles. The smallest absolute Gasteiger partial charge is 0.326 e. The van der Waals surface area contributed by atoms with Gasteiger partial charge in [-0.3, -0.25) is 0 Å². The normalized spacial score (nSPS) is 31.6. The van der Waals surface area contributed by atoms with Crippen LogP contribution in [0.1, 0.15) is 26.2 Å². The first-order valence-electron chi connectivity index (χ1n) is 6.85. The number of urea groups is 1. The van der Waals surface area contributed by atoms with Crippen LogP contribution < -0.4 is 0 Å². The van der Waals surface area contributed by atoms with E-state index in [0.29, 0.717) is 32.0 Å². The molecule has 2 amide bonds. The highest BCUT2D eigenvalue weighted by molar-refractivity contribution is 5.83. The number of carboxylic acids is 1. The van der Waals surface area contributed by atoms with Gasteiger partial charge in [-0.1, -0.05) is 6.92 Å². The zero-order valence-corrected chi connectivity index (χ0v) is 11.5. The molecule has 0 saturated carbocycles. The van der Waals surface area contributed by atoms with E-state index < -0.39 is 12.0 Å². The fourth-order valence-corrected chi connectivity index (χ4v) is 2.95. The summed E-state index contributed by atoms with van der Waals surface area (Å²) >= 11 is 0. The van der Waals surface area contributed by atoms with Crippen molar-refractivity contribution >= 4 is 12.0 Å². The van der Waals surface area contributed by atoms with Crippen LogP contribution in [0.5, 0.6) is 0 Å². The summed E-state index contributed by atoms with van der Waals surface area (Å²) in [6, 6.07) is -0.813. The SMILES string of the molecule is COC1CN(C(=O)N2CCC[C@@H]2C(=O)O)CCC1C. The lowest BCUT2D eigenvalue weighted by atomic mass is 9.96. The number of methoxy groups -OCH3 is 1. The second-order valence-corrected chi connectivity index (χ2v) is 5.46. The summed E-state index contributed by atoms with van der Waals surface area (Å²) in [4.78, 5) is 26.8. The molecular formula is C13H22N2O4. The van der Waals surface area contributed by atoms with E-state index >= 15 is 0 Å². The van der Waals surface area contributed by atoms with Gasteiger partial charge in [0.2, 0.25) is 0 Å². The first-order valence-corrected chi connectivity index (χ1v) is 6.85. The van der Waals surface area contributed by atoms with E-state index in [4.69, 9.17) is 9.84 Å². The third-order valence-corrected chi connectivity index (χ3v) is 4.25. The van der Waals surface area contributed by atoms with Crippen LogP contribution in [0.2, 0.25) is 0 Å². The minimum absolute atomic E-state index is 0.0450. The lowest BCUT2D eigenvalue weighted by Gasteiger charge is -2.38. The molecule has 2 aliphatic rings. The van der Waals surface area contributed by atoms with E-state index in [1.54, 1.807) is 12.0 Å². The van der Waals surface area contributed by atoms with E-state index in [1.165, 1.54) is 4.90 Å². The van der Waals surface area contributed by atoms with E-state index in [9.17, 15) is 9.59 Å². The number of nitrogens with zero attached hydrogens (tertiary/aromatic N) is 2. The highest BCUT2D eigenvalue weighted by Gasteiger charge is 2.38. The molecule has 3 atom stereocenters. The standard InChI is InChI=1S/C13H22N2O4/c1-9-5-7-14(8-11(9)19-2)13(18)15-6-3-4-10(15)12(16)17/h9-11H,3-8H2,1-2H3,(H,16,17)/t9?,10-,11?/m1/s1. The van der Waals surface area contributed by atoms with Crippen LogP contribution in [0.25, 0.3) is 0 Å². The first-order chi connectivity index (χ1) is 9.04. The van der Waals surface area contributed by atoms with Crippen molar-refractivity contribution in [1.82, 2.24) is 9.80 Å². The Hall–Kier alpha value is -1.30. The van der Waals surface area contributed by atoms with Crippen molar-refractivity contribution < 1.29 is 19.4 Å². The van der Waals surface area contributed by atoms with Crippen LogP contribution in [0.15, 0.2) is 0 Å². The zero-order chi connectivity index (χ0) is 14.0. The topological polar surface area (TPSA) is 70.1 Å². The van der Waals surface area contributed by atoms with Crippen molar-refractivity contribution in [2.75, 3.05) is 26.7 Å². The predicted octanol–water partition coefficient (Wildman–Crippen LogP) is 1.01. The lowest BCUT2D eigenvalue weighted by molar-refractivity contribution is -0.141. The molecule has 2 heterocycles. The maximum Gasteiger partial charge on any atom is 0.326 e. The van der Waals surface area contributed by atoms with Gasteiger partial charge in [0.15, 0.2) is 0 Å². The molecule has 2 rings (SSSR count). The molecule has 0 aromatic rings. The van der Waals surface area contributed by atoms with Gasteiger partial charge < -0.3 is 19.6 Å². The van der Waals surface area contributed by atoms with Gasteiger partial charge in [-0.05, 0) is 25.2 Å². The maximum absolute atomic E-state index is 12.4. The molecule has 0 aromatic heterocycles. The van der Waals surface area contributed by atoms with Crippen molar-refractivity contribution in [1.29, 1.82) is 0 Å². The largest absolute Gasteiger partial charge is 0.480 e. The third-order valence-electron chi connectivity index (χ3n) is 4.25. The highest BCUT2D eigenvalue weighted by Crippen LogP contribution is 2.24. The number of aliphatic carboxylic acids is 1. The number of carboxylic acid groups (broad SMARTS) is 1. The molecule has 2 fully saturated rings.